The van der Waals surface area contributed by atoms with Crippen molar-refractivity contribution in [3.05, 3.63) is 116 Å². The van der Waals surface area contributed by atoms with Crippen LogP contribution in [0, 0.1) is 10.1 Å². The lowest BCUT2D eigenvalue weighted by Gasteiger charge is -2.10. The fraction of sp³-hybridized carbons (Fsp3) is 0. The van der Waals surface area contributed by atoms with Crippen molar-refractivity contribution >= 4 is 35.1 Å². The normalized spacial score (nSPS) is 11.0. The van der Waals surface area contributed by atoms with Crippen LogP contribution in [0.4, 0.5) is 5.69 Å². The number of benzene rings is 3. The number of nitrogens with zero attached hydrogens (tertiary/aromatic N) is 1. The van der Waals surface area contributed by atoms with E-state index in [9.17, 15) is 19.7 Å². The molecule has 1 amide bonds. The molecule has 0 unspecified atom stereocenters. The van der Waals surface area contributed by atoms with Crippen molar-refractivity contribution in [1.82, 2.24) is 5.32 Å². The number of nitro benzene ring substituents is 1. The van der Waals surface area contributed by atoms with Crippen LogP contribution in [0.3, 0.4) is 0 Å². The molecule has 0 radical (unpaired) electrons. The van der Waals surface area contributed by atoms with Gasteiger partial charge < -0.3 is 5.32 Å². The largest absolute Gasteiger partial charge is 0.319 e. The zero-order valence-electron chi connectivity index (χ0n) is 15.0. The van der Waals surface area contributed by atoms with Gasteiger partial charge in [-0.1, -0.05) is 54.1 Å². The van der Waals surface area contributed by atoms with Crippen molar-refractivity contribution in [2.45, 2.75) is 0 Å². The molecule has 0 saturated heterocycles. The third-order valence-electron chi connectivity index (χ3n) is 4.05. The summed E-state index contributed by atoms with van der Waals surface area (Å²) in [5.41, 5.74) is 1.23. The molecular weight excluding hydrogens is 392 g/mol. The predicted octanol–water partition coefficient (Wildman–Crippen LogP) is 4.90. The molecule has 1 N–H and O–H groups in total. The van der Waals surface area contributed by atoms with Crippen molar-refractivity contribution in [3.8, 4) is 0 Å². The number of rotatable bonds is 6. The van der Waals surface area contributed by atoms with Gasteiger partial charge in [-0.25, -0.2) is 0 Å². The Morgan fingerprint density at radius 1 is 0.862 bits per heavy atom. The van der Waals surface area contributed by atoms with Crippen molar-refractivity contribution in [2.75, 3.05) is 0 Å². The maximum Gasteiger partial charge on any atom is 0.269 e. The maximum atomic E-state index is 12.9. The van der Waals surface area contributed by atoms with Gasteiger partial charge >= 0.3 is 0 Å². The summed E-state index contributed by atoms with van der Waals surface area (Å²) in [7, 11) is 0. The zero-order chi connectivity index (χ0) is 20.8. The van der Waals surface area contributed by atoms with Crippen LogP contribution in [0.25, 0.3) is 6.08 Å². The first kappa shape index (κ1) is 20.0. The molecule has 0 aliphatic heterocycles. The van der Waals surface area contributed by atoms with Gasteiger partial charge in [0.05, 0.1) is 10.6 Å². The number of amides is 1. The van der Waals surface area contributed by atoms with E-state index in [4.69, 9.17) is 11.6 Å². The van der Waals surface area contributed by atoms with Gasteiger partial charge in [-0.15, -0.1) is 0 Å². The van der Waals surface area contributed by atoms with Gasteiger partial charge in [0.25, 0.3) is 11.6 Å². The average Bonchev–Trinajstić information content (AvgIpc) is 2.75. The van der Waals surface area contributed by atoms with Gasteiger partial charge in [0, 0.05) is 28.3 Å². The Labute approximate surface area is 171 Å². The molecule has 29 heavy (non-hydrogen) atoms. The minimum atomic E-state index is -0.551. The Bertz CT molecular complexity index is 1080. The average molecular weight is 407 g/mol. The minimum absolute atomic E-state index is 0.0712. The van der Waals surface area contributed by atoms with Crippen LogP contribution >= 0.6 is 11.6 Å². The van der Waals surface area contributed by atoms with E-state index in [1.807, 2.05) is 0 Å². The fourth-order valence-electron chi connectivity index (χ4n) is 2.56. The second-order valence-corrected chi connectivity index (χ2v) is 6.50. The number of hydrogen-bond acceptors (Lipinski definition) is 4. The molecule has 0 aliphatic carbocycles. The van der Waals surface area contributed by atoms with E-state index in [1.54, 1.807) is 60.7 Å². The lowest BCUT2D eigenvalue weighted by Crippen LogP contribution is -2.27. The Morgan fingerprint density at radius 2 is 1.48 bits per heavy atom. The summed E-state index contributed by atoms with van der Waals surface area (Å²) >= 11 is 5.90. The van der Waals surface area contributed by atoms with Crippen LogP contribution in [0.15, 0.2) is 84.6 Å². The van der Waals surface area contributed by atoms with Gasteiger partial charge in [-0.2, -0.15) is 0 Å². The summed E-state index contributed by atoms with van der Waals surface area (Å²) in [5, 5.41) is 13.9. The molecule has 3 rings (SSSR count). The first-order valence-corrected chi connectivity index (χ1v) is 8.94. The SMILES string of the molecule is O=C(N/C(=C\c1ccc(Cl)cc1)C(=O)c1ccccc1)c1ccc([N+](=O)[O-])cc1. The minimum Gasteiger partial charge on any atom is -0.319 e. The molecule has 0 atom stereocenters. The number of non-ortho nitro benzene ring substituents is 1. The molecule has 0 fully saturated rings. The molecule has 3 aromatic carbocycles. The second kappa shape index (κ2) is 8.95. The molecule has 0 bridgehead atoms. The summed E-state index contributed by atoms with van der Waals surface area (Å²) in [6.45, 7) is 0. The van der Waals surface area contributed by atoms with E-state index in [0.717, 1.165) is 0 Å². The number of hydrogen-bond donors (Lipinski definition) is 1. The number of nitro groups is 1. The highest BCUT2D eigenvalue weighted by Crippen LogP contribution is 2.16. The van der Waals surface area contributed by atoms with Crippen molar-refractivity contribution in [3.63, 3.8) is 0 Å². The smallest absolute Gasteiger partial charge is 0.269 e. The van der Waals surface area contributed by atoms with Gasteiger partial charge in [-0.3, -0.25) is 19.7 Å². The summed E-state index contributed by atoms with van der Waals surface area (Å²) in [6, 6.07) is 20.5. The van der Waals surface area contributed by atoms with Gasteiger partial charge in [-0.05, 0) is 35.9 Å². The molecule has 0 aliphatic rings. The van der Waals surface area contributed by atoms with E-state index in [1.165, 1.54) is 24.3 Å². The van der Waals surface area contributed by atoms with Crippen molar-refractivity contribution < 1.29 is 14.5 Å². The number of Topliss-reactive ketones (excluding diaryl/α,β-unsaturated/α-hetero) is 1. The van der Waals surface area contributed by atoms with Crippen LogP contribution in [0.2, 0.25) is 5.02 Å². The number of carbonyl (C=O) groups is 2. The highest BCUT2D eigenvalue weighted by Gasteiger charge is 2.17. The number of carbonyl (C=O) groups excluding carboxylic acids is 2. The van der Waals surface area contributed by atoms with E-state index >= 15 is 0 Å². The third kappa shape index (κ3) is 5.15. The van der Waals surface area contributed by atoms with Gasteiger partial charge in [0.2, 0.25) is 5.78 Å². The lowest BCUT2D eigenvalue weighted by molar-refractivity contribution is -0.384. The van der Waals surface area contributed by atoms with Crippen LogP contribution < -0.4 is 5.32 Å². The van der Waals surface area contributed by atoms with Crippen LogP contribution in [0.5, 0.6) is 0 Å². The molecule has 144 valence electrons. The number of ketones is 1. The van der Waals surface area contributed by atoms with Crippen LogP contribution in [-0.2, 0) is 0 Å². The molecular formula is C22H15ClN2O4. The first-order chi connectivity index (χ1) is 13.9. The van der Waals surface area contributed by atoms with Crippen molar-refractivity contribution in [1.29, 1.82) is 0 Å². The molecule has 6 nitrogen and oxygen atoms in total. The van der Waals surface area contributed by atoms with Crippen LogP contribution in [0.1, 0.15) is 26.3 Å². The van der Waals surface area contributed by atoms with E-state index in [0.29, 0.717) is 16.1 Å². The fourth-order valence-corrected chi connectivity index (χ4v) is 2.68. The number of allylic oxidation sites excluding steroid dienone is 1. The molecule has 0 heterocycles. The summed E-state index contributed by atoms with van der Waals surface area (Å²) in [5.74, 6) is -0.916. The third-order valence-corrected chi connectivity index (χ3v) is 4.30. The molecule has 0 aromatic heterocycles. The highest BCUT2D eigenvalue weighted by molar-refractivity contribution is 6.30. The summed E-state index contributed by atoms with van der Waals surface area (Å²) in [4.78, 5) is 35.8. The van der Waals surface area contributed by atoms with E-state index < -0.39 is 10.8 Å². The van der Waals surface area contributed by atoms with Gasteiger partial charge in [0.1, 0.15) is 0 Å². The molecule has 0 saturated carbocycles. The highest BCUT2D eigenvalue weighted by atomic mass is 35.5. The number of halogens is 1. The maximum absolute atomic E-state index is 12.9. The molecule has 7 heteroatoms. The van der Waals surface area contributed by atoms with E-state index in [2.05, 4.69) is 5.32 Å². The van der Waals surface area contributed by atoms with Crippen molar-refractivity contribution in [2.24, 2.45) is 0 Å². The summed E-state index contributed by atoms with van der Waals surface area (Å²) < 4.78 is 0. The first-order valence-electron chi connectivity index (χ1n) is 8.57. The molecule has 3 aromatic rings. The quantitative estimate of drug-likeness (QED) is 0.273. The van der Waals surface area contributed by atoms with Crippen LogP contribution in [-0.4, -0.2) is 16.6 Å². The number of nitrogens with one attached hydrogen (secondary N) is 1. The Morgan fingerprint density at radius 3 is 2.07 bits per heavy atom. The van der Waals surface area contributed by atoms with E-state index in [-0.39, 0.29) is 22.7 Å². The lowest BCUT2D eigenvalue weighted by atomic mass is 10.1. The summed E-state index contributed by atoms with van der Waals surface area (Å²) in [6.07, 6.45) is 1.55. The Hall–Kier alpha value is -3.77. The Balaban J connectivity index is 1.92. The standard InChI is InChI=1S/C22H15ClN2O4/c23-18-10-6-15(7-11-18)14-20(21(26)16-4-2-1-3-5-16)24-22(27)17-8-12-19(13-9-17)25(28)29/h1-14H,(H,24,27)/b20-14-. The topological polar surface area (TPSA) is 89.3 Å². The zero-order valence-corrected chi connectivity index (χ0v) is 15.8. The predicted molar refractivity (Wildman–Crippen MR) is 111 cm³/mol. The monoisotopic (exact) mass is 406 g/mol. The second-order valence-electron chi connectivity index (χ2n) is 6.06. The van der Waals surface area contributed by atoms with Gasteiger partial charge in [0.15, 0.2) is 0 Å². The Kier molecular flexibility index (Phi) is 6.16. The molecule has 0 spiro atoms.